The number of rotatable bonds is 4. The number of fused-ring (bicyclic) bond motifs is 2. The fourth-order valence-corrected chi connectivity index (χ4v) is 4.80. The minimum Gasteiger partial charge on any atom is -0.337 e. The van der Waals surface area contributed by atoms with Gasteiger partial charge in [-0.1, -0.05) is 12.1 Å². The Hall–Kier alpha value is -1.17. The highest BCUT2D eigenvalue weighted by Crippen LogP contribution is 2.40. The van der Waals surface area contributed by atoms with E-state index in [-0.39, 0.29) is 5.91 Å². The summed E-state index contributed by atoms with van der Waals surface area (Å²) in [4.78, 5) is 14.7. The lowest BCUT2D eigenvalue weighted by atomic mass is 10.0. The van der Waals surface area contributed by atoms with E-state index in [1.54, 1.807) is 0 Å². The average molecular weight is 357 g/mol. The fraction of sp³-hybridized carbons (Fsp3) is 0.611. The van der Waals surface area contributed by atoms with Gasteiger partial charge in [-0.25, -0.2) is 0 Å². The molecule has 2 saturated heterocycles. The van der Waals surface area contributed by atoms with Crippen LogP contribution in [0.15, 0.2) is 24.3 Å². The molecule has 0 N–H and O–H groups in total. The molecule has 2 heterocycles. The molecule has 1 aromatic carbocycles. The molecule has 1 aromatic rings. The van der Waals surface area contributed by atoms with Crippen molar-refractivity contribution < 1.29 is 18.0 Å². The summed E-state index contributed by atoms with van der Waals surface area (Å²) in [6.45, 7) is 0. The Balaban J connectivity index is 1.56. The van der Waals surface area contributed by atoms with Gasteiger partial charge in [0.05, 0.1) is 5.56 Å². The Bertz CT molecular complexity index is 573. The molecular weight excluding hydrogens is 335 g/mol. The Kier molecular flexibility index (Phi) is 5.13. The summed E-state index contributed by atoms with van der Waals surface area (Å²) >= 11 is 1.89. The van der Waals surface area contributed by atoms with Crippen molar-refractivity contribution in [2.75, 3.05) is 6.26 Å². The second kappa shape index (κ2) is 6.98. The van der Waals surface area contributed by atoms with Crippen LogP contribution in [0.25, 0.3) is 0 Å². The van der Waals surface area contributed by atoms with Gasteiger partial charge in [-0.3, -0.25) is 4.79 Å². The maximum Gasteiger partial charge on any atom is 0.416 e. The van der Waals surface area contributed by atoms with Gasteiger partial charge in [-0.15, -0.1) is 0 Å². The summed E-state index contributed by atoms with van der Waals surface area (Å²) < 4.78 is 37.7. The second-order valence-corrected chi connectivity index (χ2v) is 7.85. The van der Waals surface area contributed by atoms with Gasteiger partial charge in [-0.2, -0.15) is 24.9 Å². The Morgan fingerprint density at radius 3 is 2.25 bits per heavy atom. The lowest BCUT2D eigenvalue weighted by Crippen LogP contribution is -2.47. The number of carbonyl (C=O) groups excluding carboxylic acids is 1. The molecular formula is C18H22F3NOS. The summed E-state index contributed by atoms with van der Waals surface area (Å²) in [6, 6.07) is 5.86. The van der Waals surface area contributed by atoms with Crippen LogP contribution in [-0.4, -0.2) is 34.4 Å². The number of halogens is 3. The molecule has 24 heavy (non-hydrogen) atoms. The van der Waals surface area contributed by atoms with E-state index in [4.69, 9.17) is 0 Å². The predicted octanol–water partition coefficient (Wildman–Crippen LogP) is 4.52. The van der Waals surface area contributed by atoms with Crippen LogP contribution in [-0.2, 0) is 17.4 Å². The molecule has 2 bridgehead atoms. The Labute approximate surface area is 144 Å². The number of hydrogen-bond acceptors (Lipinski definition) is 2. The standard InChI is InChI=1S/C18H22F3NOS/c1-24-16-10-14-7-8-15(11-16)22(14)17(23)9-4-12-2-5-13(6-3-12)18(19,20)21/h2-3,5-6,14-16H,4,7-11H2,1H3. The zero-order valence-electron chi connectivity index (χ0n) is 13.7. The predicted molar refractivity (Wildman–Crippen MR) is 90.0 cm³/mol. The summed E-state index contributed by atoms with van der Waals surface area (Å²) in [6.07, 6.45) is 3.03. The van der Waals surface area contributed by atoms with Crippen LogP contribution in [0.3, 0.4) is 0 Å². The van der Waals surface area contributed by atoms with E-state index in [9.17, 15) is 18.0 Å². The minimum absolute atomic E-state index is 0.155. The summed E-state index contributed by atoms with van der Waals surface area (Å²) in [5.74, 6) is 0.155. The van der Waals surface area contributed by atoms with E-state index in [1.807, 2.05) is 11.8 Å². The Morgan fingerprint density at radius 1 is 1.17 bits per heavy atom. The highest BCUT2D eigenvalue weighted by atomic mass is 32.2. The molecule has 6 heteroatoms. The summed E-state index contributed by atoms with van der Waals surface area (Å²) in [5.41, 5.74) is 0.137. The number of carbonyl (C=O) groups is 1. The van der Waals surface area contributed by atoms with Crippen molar-refractivity contribution in [1.29, 1.82) is 0 Å². The molecule has 0 aliphatic carbocycles. The van der Waals surface area contributed by atoms with Crippen LogP contribution < -0.4 is 0 Å². The first-order chi connectivity index (χ1) is 11.4. The normalized spacial score (nSPS) is 26.7. The van der Waals surface area contributed by atoms with E-state index >= 15 is 0 Å². The lowest BCUT2D eigenvalue weighted by Gasteiger charge is -2.38. The molecule has 2 nitrogen and oxygen atoms in total. The molecule has 2 fully saturated rings. The topological polar surface area (TPSA) is 20.3 Å². The summed E-state index contributed by atoms with van der Waals surface area (Å²) in [5, 5.41) is 0.654. The third kappa shape index (κ3) is 3.73. The number of thioether (sulfide) groups is 1. The third-order valence-corrected chi connectivity index (χ3v) is 6.27. The van der Waals surface area contributed by atoms with Gasteiger partial charge in [0.15, 0.2) is 0 Å². The molecule has 2 aliphatic heterocycles. The van der Waals surface area contributed by atoms with Gasteiger partial charge >= 0.3 is 6.18 Å². The van der Waals surface area contributed by atoms with Gasteiger partial charge in [0.2, 0.25) is 5.91 Å². The number of aryl methyl sites for hydroxylation is 1. The highest BCUT2D eigenvalue weighted by molar-refractivity contribution is 7.99. The number of piperidine rings is 1. The first-order valence-corrected chi connectivity index (χ1v) is 9.67. The van der Waals surface area contributed by atoms with Gasteiger partial charge in [0, 0.05) is 23.8 Å². The molecule has 132 valence electrons. The fourth-order valence-electron chi connectivity index (χ4n) is 3.97. The Morgan fingerprint density at radius 2 is 1.75 bits per heavy atom. The van der Waals surface area contributed by atoms with Crippen molar-refractivity contribution >= 4 is 17.7 Å². The SMILES string of the molecule is CSC1CC2CCC(C1)N2C(=O)CCc1ccc(C(F)(F)F)cc1. The van der Waals surface area contributed by atoms with Crippen LogP contribution in [0.4, 0.5) is 13.2 Å². The highest BCUT2D eigenvalue weighted by Gasteiger charge is 2.42. The first-order valence-electron chi connectivity index (χ1n) is 8.38. The van der Waals surface area contributed by atoms with E-state index in [2.05, 4.69) is 11.2 Å². The largest absolute Gasteiger partial charge is 0.416 e. The number of amides is 1. The monoisotopic (exact) mass is 357 g/mol. The van der Waals surface area contributed by atoms with Gasteiger partial charge in [0.25, 0.3) is 0 Å². The van der Waals surface area contributed by atoms with E-state index in [0.717, 1.165) is 43.4 Å². The zero-order chi connectivity index (χ0) is 17.3. The maximum atomic E-state index is 12.6. The van der Waals surface area contributed by atoms with Crippen LogP contribution in [0.5, 0.6) is 0 Å². The molecule has 2 aliphatic rings. The van der Waals surface area contributed by atoms with Crippen molar-refractivity contribution in [2.24, 2.45) is 0 Å². The number of alkyl halides is 3. The van der Waals surface area contributed by atoms with Gasteiger partial charge < -0.3 is 4.90 Å². The maximum absolute atomic E-state index is 12.6. The summed E-state index contributed by atoms with van der Waals surface area (Å²) in [7, 11) is 0. The van der Waals surface area contributed by atoms with Crippen molar-refractivity contribution in [3.63, 3.8) is 0 Å². The van der Waals surface area contributed by atoms with Gasteiger partial charge in [0.1, 0.15) is 0 Å². The third-order valence-electron chi connectivity index (χ3n) is 5.22. The van der Waals surface area contributed by atoms with Crippen LogP contribution >= 0.6 is 11.8 Å². The first kappa shape index (κ1) is 17.6. The van der Waals surface area contributed by atoms with Crippen molar-refractivity contribution in [1.82, 2.24) is 4.90 Å². The van der Waals surface area contributed by atoms with E-state index in [0.29, 0.717) is 30.2 Å². The quantitative estimate of drug-likeness (QED) is 0.789. The molecule has 2 atom stereocenters. The second-order valence-electron chi connectivity index (χ2n) is 6.71. The molecule has 1 amide bonds. The number of nitrogens with zero attached hydrogens (tertiary/aromatic N) is 1. The van der Waals surface area contributed by atoms with Crippen molar-refractivity contribution in [3.05, 3.63) is 35.4 Å². The van der Waals surface area contributed by atoms with Crippen LogP contribution in [0.1, 0.15) is 43.2 Å². The molecule has 0 saturated carbocycles. The molecule has 0 spiro atoms. The lowest BCUT2D eigenvalue weighted by molar-refractivity contribution is -0.138. The molecule has 2 unspecified atom stereocenters. The number of benzene rings is 1. The van der Waals surface area contributed by atoms with Gasteiger partial charge in [-0.05, 0) is 56.1 Å². The van der Waals surface area contributed by atoms with E-state index in [1.165, 1.54) is 12.1 Å². The smallest absolute Gasteiger partial charge is 0.337 e. The molecule has 3 rings (SSSR count). The minimum atomic E-state index is -4.31. The molecule has 0 aromatic heterocycles. The molecule has 0 radical (unpaired) electrons. The zero-order valence-corrected chi connectivity index (χ0v) is 14.5. The van der Waals surface area contributed by atoms with Crippen LogP contribution in [0, 0.1) is 0 Å². The van der Waals surface area contributed by atoms with Crippen LogP contribution in [0.2, 0.25) is 0 Å². The van der Waals surface area contributed by atoms with Crippen molar-refractivity contribution in [3.8, 4) is 0 Å². The average Bonchev–Trinajstić information content (AvgIpc) is 2.82. The van der Waals surface area contributed by atoms with E-state index < -0.39 is 11.7 Å². The van der Waals surface area contributed by atoms with Crippen molar-refractivity contribution in [2.45, 2.75) is 62.0 Å². The number of hydrogen-bond donors (Lipinski definition) is 0.